The third-order valence-corrected chi connectivity index (χ3v) is 5.67. The predicted molar refractivity (Wildman–Crippen MR) is 116 cm³/mol. The van der Waals surface area contributed by atoms with Gasteiger partial charge in [-0.2, -0.15) is 0 Å². The van der Waals surface area contributed by atoms with Gasteiger partial charge in [0.2, 0.25) is 5.91 Å². The van der Waals surface area contributed by atoms with Crippen molar-refractivity contribution in [3.63, 3.8) is 0 Å². The number of hydrogen-bond donors (Lipinski definition) is 0. The van der Waals surface area contributed by atoms with E-state index in [1.165, 1.54) is 38.2 Å². The Morgan fingerprint density at radius 1 is 1.03 bits per heavy atom. The highest BCUT2D eigenvalue weighted by Crippen LogP contribution is 2.14. The summed E-state index contributed by atoms with van der Waals surface area (Å²) in [5, 5.41) is 0. The summed E-state index contributed by atoms with van der Waals surface area (Å²) in [4.78, 5) is 17.1. The molecule has 1 aromatic rings. The van der Waals surface area contributed by atoms with Gasteiger partial charge in [-0.05, 0) is 18.9 Å². The van der Waals surface area contributed by atoms with E-state index in [-0.39, 0.29) is 11.7 Å². The van der Waals surface area contributed by atoms with Crippen LogP contribution in [-0.2, 0) is 16.1 Å². The minimum absolute atomic E-state index is 0.156. The van der Waals surface area contributed by atoms with E-state index >= 15 is 0 Å². The van der Waals surface area contributed by atoms with Crippen molar-refractivity contribution in [3.05, 3.63) is 35.6 Å². The average Bonchev–Trinajstić information content (AvgIpc) is 2.74. The maximum Gasteiger partial charge on any atom is 0.222 e. The number of rotatable bonds is 14. The molecule has 1 aromatic carbocycles. The fraction of sp³-hybridized carbons (Fsp3) is 0.708. The number of halogens is 1. The number of benzene rings is 1. The maximum absolute atomic E-state index is 14.1. The van der Waals surface area contributed by atoms with Crippen LogP contribution in [0.15, 0.2) is 24.3 Å². The van der Waals surface area contributed by atoms with Crippen LogP contribution in [0.1, 0.15) is 70.3 Å². The molecule has 164 valence electrons. The average molecular weight is 407 g/mol. The van der Waals surface area contributed by atoms with Crippen molar-refractivity contribution >= 4 is 5.91 Å². The molecule has 0 spiro atoms. The van der Waals surface area contributed by atoms with Crippen LogP contribution in [-0.4, -0.2) is 55.1 Å². The second-order valence-corrected chi connectivity index (χ2v) is 8.09. The van der Waals surface area contributed by atoms with Crippen LogP contribution in [0, 0.1) is 5.82 Å². The highest BCUT2D eigenvalue weighted by Gasteiger charge is 2.17. The van der Waals surface area contributed by atoms with Gasteiger partial charge in [0, 0.05) is 44.7 Å². The predicted octanol–water partition coefficient (Wildman–Crippen LogP) is 5.02. The number of amides is 1. The van der Waals surface area contributed by atoms with Gasteiger partial charge in [-0.3, -0.25) is 9.69 Å². The second-order valence-electron chi connectivity index (χ2n) is 8.09. The summed E-state index contributed by atoms with van der Waals surface area (Å²) in [5.74, 6) is -0.0711. The first-order valence-electron chi connectivity index (χ1n) is 11.5. The number of unbranched alkanes of at least 4 members (excludes halogenated alkanes) is 6. The fourth-order valence-corrected chi connectivity index (χ4v) is 3.83. The van der Waals surface area contributed by atoms with Gasteiger partial charge >= 0.3 is 0 Å². The molecule has 0 radical (unpaired) electrons. The van der Waals surface area contributed by atoms with Crippen LogP contribution < -0.4 is 0 Å². The van der Waals surface area contributed by atoms with Crippen LogP contribution in [0.5, 0.6) is 0 Å². The zero-order chi connectivity index (χ0) is 20.7. The first-order valence-corrected chi connectivity index (χ1v) is 11.5. The van der Waals surface area contributed by atoms with E-state index in [0.717, 1.165) is 52.1 Å². The zero-order valence-corrected chi connectivity index (χ0v) is 18.2. The van der Waals surface area contributed by atoms with E-state index in [4.69, 9.17) is 4.74 Å². The topological polar surface area (TPSA) is 32.8 Å². The monoisotopic (exact) mass is 406 g/mol. The third kappa shape index (κ3) is 9.72. The molecule has 5 heteroatoms. The van der Waals surface area contributed by atoms with Gasteiger partial charge in [0.15, 0.2) is 0 Å². The molecule has 0 atom stereocenters. The molecule has 1 fully saturated rings. The van der Waals surface area contributed by atoms with Crippen LogP contribution >= 0.6 is 0 Å². The molecule has 1 saturated heterocycles. The maximum atomic E-state index is 14.1. The van der Waals surface area contributed by atoms with E-state index in [1.54, 1.807) is 12.1 Å². The summed E-state index contributed by atoms with van der Waals surface area (Å²) >= 11 is 0. The summed E-state index contributed by atoms with van der Waals surface area (Å²) in [5.41, 5.74) is 0.604. The van der Waals surface area contributed by atoms with Gasteiger partial charge < -0.3 is 9.64 Å². The molecule has 0 aliphatic carbocycles. The molecule has 4 nitrogen and oxygen atoms in total. The highest BCUT2D eigenvalue weighted by atomic mass is 19.1. The lowest BCUT2D eigenvalue weighted by Gasteiger charge is -2.28. The number of hydrogen-bond acceptors (Lipinski definition) is 3. The van der Waals surface area contributed by atoms with Crippen molar-refractivity contribution in [2.75, 3.05) is 39.4 Å². The molecule has 0 saturated carbocycles. The Morgan fingerprint density at radius 3 is 2.45 bits per heavy atom. The van der Waals surface area contributed by atoms with Gasteiger partial charge in [0.25, 0.3) is 0 Å². The Balaban J connectivity index is 1.79. The lowest BCUT2D eigenvalue weighted by atomic mass is 10.1. The van der Waals surface area contributed by atoms with Crippen LogP contribution in [0.2, 0.25) is 0 Å². The Hall–Kier alpha value is -1.46. The summed E-state index contributed by atoms with van der Waals surface area (Å²) in [6.45, 7) is 7.72. The molecular formula is C24H39FN2O2. The van der Waals surface area contributed by atoms with Crippen LogP contribution in [0.4, 0.5) is 4.39 Å². The molecule has 2 rings (SSSR count). The third-order valence-electron chi connectivity index (χ3n) is 5.67. The van der Waals surface area contributed by atoms with Crippen molar-refractivity contribution in [2.45, 2.75) is 71.3 Å². The molecule has 0 bridgehead atoms. The van der Waals surface area contributed by atoms with Crippen molar-refractivity contribution in [1.82, 2.24) is 9.80 Å². The number of nitrogens with zero attached hydrogens (tertiary/aromatic N) is 2. The van der Waals surface area contributed by atoms with Crippen molar-refractivity contribution < 1.29 is 13.9 Å². The molecule has 1 heterocycles. The zero-order valence-electron chi connectivity index (χ0n) is 18.2. The highest BCUT2D eigenvalue weighted by molar-refractivity contribution is 5.76. The normalized spacial score (nSPS) is 14.8. The quantitative estimate of drug-likeness (QED) is 0.407. The van der Waals surface area contributed by atoms with Crippen LogP contribution in [0.25, 0.3) is 0 Å². The summed E-state index contributed by atoms with van der Waals surface area (Å²) in [7, 11) is 0. The first kappa shape index (κ1) is 23.8. The summed E-state index contributed by atoms with van der Waals surface area (Å²) < 4.78 is 19.5. The standard InChI is InChI=1S/C24H39FN2O2/c1-2-3-4-5-6-7-8-14-24(28)27(21-22-12-9-10-13-23(22)25)16-11-15-26-17-19-29-20-18-26/h9-10,12-13H,2-8,11,14-21H2,1H3. The van der Waals surface area contributed by atoms with Crippen molar-refractivity contribution in [3.8, 4) is 0 Å². The van der Waals surface area contributed by atoms with Gasteiger partial charge in [-0.15, -0.1) is 0 Å². The molecule has 0 aromatic heterocycles. The number of carbonyl (C=O) groups excluding carboxylic acids is 1. The van der Waals surface area contributed by atoms with E-state index in [0.29, 0.717) is 25.1 Å². The van der Waals surface area contributed by atoms with Gasteiger partial charge in [0.1, 0.15) is 5.82 Å². The molecule has 0 unspecified atom stereocenters. The Morgan fingerprint density at radius 2 is 1.72 bits per heavy atom. The fourth-order valence-electron chi connectivity index (χ4n) is 3.83. The second kappa shape index (κ2) is 14.5. The van der Waals surface area contributed by atoms with Gasteiger partial charge in [-0.1, -0.05) is 63.6 Å². The number of morpholine rings is 1. The molecular weight excluding hydrogens is 367 g/mol. The lowest BCUT2D eigenvalue weighted by molar-refractivity contribution is -0.132. The van der Waals surface area contributed by atoms with E-state index in [2.05, 4.69) is 11.8 Å². The Labute approximate surface area is 176 Å². The van der Waals surface area contributed by atoms with E-state index < -0.39 is 0 Å². The molecule has 1 aliphatic heterocycles. The summed E-state index contributed by atoms with van der Waals surface area (Å²) in [6.07, 6.45) is 9.85. The number of carbonyl (C=O) groups is 1. The summed E-state index contributed by atoms with van der Waals surface area (Å²) in [6, 6.07) is 6.79. The van der Waals surface area contributed by atoms with Crippen molar-refractivity contribution in [1.29, 1.82) is 0 Å². The smallest absolute Gasteiger partial charge is 0.222 e. The first-order chi connectivity index (χ1) is 14.2. The van der Waals surface area contributed by atoms with Gasteiger partial charge in [-0.25, -0.2) is 4.39 Å². The number of ether oxygens (including phenoxy) is 1. The molecule has 1 aliphatic rings. The SMILES string of the molecule is CCCCCCCCCC(=O)N(CCCN1CCOCC1)Cc1ccccc1F. The Kier molecular flexibility index (Phi) is 11.9. The lowest BCUT2D eigenvalue weighted by Crippen LogP contribution is -2.39. The molecule has 29 heavy (non-hydrogen) atoms. The molecule has 1 amide bonds. The van der Waals surface area contributed by atoms with E-state index in [1.807, 2.05) is 11.0 Å². The van der Waals surface area contributed by atoms with E-state index in [9.17, 15) is 9.18 Å². The largest absolute Gasteiger partial charge is 0.379 e. The molecule has 0 N–H and O–H groups in total. The Bertz CT molecular complexity index is 576. The van der Waals surface area contributed by atoms with Crippen molar-refractivity contribution in [2.24, 2.45) is 0 Å². The van der Waals surface area contributed by atoms with Gasteiger partial charge in [0.05, 0.1) is 13.2 Å². The van der Waals surface area contributed by atoms with Crippen LogP contribution in [0.3, 0.4) is 0 Å². The minimum Gasteiger partial charge on any atom is -0.379 e. The minimum atomic E-state index is -0.227.